The number of rotatable bonds is 4. The van der Waals surface area contributed by atoms with Crippen LogP contribution in [0.15, 0.2) is 35.0 Å². The largest absolute Gasteiger partial charge is 0.472 e. The SMILES string of the molecule is CCn1c(-c2nonc2N)nc2c(C#CC(C)(C)O)nc(OC3Cc4ccccc4C3N)cc21. The molecule has 2 atom stereocenters. The second-order valence-corrected chi connectivity index (χ2v) is 8.75. The molecule has 34 heavy (non-hydrogen) atoms. The lowest BCUT2D eigenvalue weighted by molar-refractivity contribution is 0.143. The van der Waals surface area contributed by atoms with Gasteiger partial charge in [-0.3, -0.25) is 0 Å². The minimum atomic E-state index is -1.21. The number of hydrogen-bond acceptors (Lipinski definition) is 9. The molecule has 0 bridgehead atoms. The van der Waals surface area contributed by atoms with Gasteiger partial charge >= 0.3 is 0 Å². The molecule has 0 saturated carbocycles. The van der Waals surface area contributed by atoms with E-state index in [2.05, 4.69) is 33.2 Å². The molecular formula is C24H25N7O3. The number of anilines is 1. The van der Waals surface area contributed by atoms with Crippen LogP contribution in [0.4, 0.5) is 5.82 Å². The normalized spacial score (nSPS) is 17.4. The molecule has 10 nitrogen and oxygen atoms in total. The predicted molar refractivity (Wildman–Crippen MR) is 126 cm³/mol. The summed E-state index contributed by atoms with van der Waals surface area (Å²) >= 11 is 0. The van der Waals surface area contributed by atoms with Crippen molar-refractivity contribution in [3.05, 3.63) is 47.2 Å². The summed E-state index contributed by atoms with van der Waals surface area (Å²) in [5.41, 5.74) is 15.4. The molecule has 0 aliphatic heterocycles. The van der Waals surface area contributed by atoms with Crippen molar-refractivity contribution in [2.45, 2.75) is 51.5 Å². The van der Waals surface area contributed by atoms with Crippen molar-refractivity contribution >= 4 is 16.9 Å². The van der Waals surface area contributed by atoms with Crippen LogP contribution in [-0.2, 0) is 13.0 Å². The summed E-state index contributed by atoms with van der Waals surface area (Å²) in [6.07, 6.45) is 0.409. The zero-order chi connectivity index (χ0) is 24.0. The number of fused-ring (bicyclic) bond motifs is 2. The summed E-state index contributed by atoms with van der Waals surface area (Å²) in [6.45, 7) is 5.74. The van der Waals surface area contributed by atoms with Gasteiger partial charge in [-0.25, -0.2) is 14.6 Å². The van der Waals surface area contributed by atoms with Crippen LogP contribution in [0.25, 0.3) is 22.6 Å². The number of aryl methyl sites for hydroxylation is 1. The molecule has 2 unspecified atom stereocenters. The van der Waals surface area contributed by atoms with Gasteiger partial charge in [-0.05, 0) is 48.1 Å². The highest BCUT2D eigenvalue weighted by molar-refractivity contribution is 5.86. The highest BCUT2D eigenvalue weighted by atomic mass is 16.6. The zero-order valence-corrected chi connectivity index (χ0v) is 19.1. The van der Waals surface area contributed by atoms with Crippen molar-refractivity contribution in [3.63, 3.8) is 0 Å². The lowest BCUT2D eigenvalue weighted by Gasteiger charge is -2.18. The van der Waals surface area contributed by atoms with Gasteiger partial charge in [-0.2, -0.15) is 0 Å². The summed E-state index contributed by atoms with van der Waals surface area (Å²) < 4.78 is 13.0. The first-order valence-electron chi connectivity index (χ1n) is 11.0. The molecule has 0 radical (unpaired) electrons. The lowest BCUT2D eigenvalue weighted by atomic mass is 10.1. The monoisotopic (exact) mass is 459 g/mol. The molecule has 0 saturated heterocycles. The Morgan fingerprint density at radius 3 is 2.74 bits per heavy atom. The fourth-order valence-corrected chi connectivity index (χ4v) is 4.17. The van der Waals surface area contributed by atoms with Crippen molar-refractivity contribution in [3.8, 4) is 29.2 Å². The van der Waals surface area contributed by atoms with Crippen LogP contribution in [-0.4, -0.2) is 41.7 Å². The Balaban J connectivity index is 1.63. The maximum atomic E-state index is 10.2. The highest BCUT2D eigenvalue weighted by Gasteiger charge is 2.32. The van der Waals surface area contributed by atoms with Crippen molar-refractivity contribution in [2.24, 2.45) is 5.73 Å². The van der Waals surface area contributed by atoms with E-state index in [0.29, 0.717) is 41.6 Å². The maximum absolute atomic E-state index is 10.2. The zero-order valence-electron chi connectivity index (χ0n) is 19.1. The van der Waals surface area contributed by atoms with E-state index in [1.807, 2.05) is 35.8 Å². The van der Waals surface area contributed by atoms with Gasteiger partial charge in [0.2, 0.25) is 5.88 Å². The number of ether oxygens (including phenoxy) is 1. The van der Waals surface area contributed by atoms with E-state index in [9.17, 15) is 5.11 Å². The number of nitrogens with zero attached hydrogens (tertiary/aromatic N) is 5. The lowest BCUT2D eigenvalue weighted by Crippen LogP contribution is -2.28. The van der Waals surface area contributed by atoms with Crippen molar-refractivity contribution < 1.29 is 14.5 Å². The Bertz CT molecular complexity index is 1440. The molecule has 3 aromatic heterocycles. The highest BCUT2D eigenvalue weighted by Crippen LogP contribution is 2.34. The fraction of sp³-hybridized carbons (Fsp3) is 0.333. The number of aliphatic hydroxyl groups is 1. The molecule has 0 spiro atoms. The Labute approximate surface area is 195 Å². The van der Waals surface area contributed by atoms with Crippen molar-refractivity contribution in [1.29, 1.82) is 0 Å². The quantitative estimate of drug-likeness (QED) is 0.390. The summed E-state index contributed by atoms with van der Waals surface area (Å²) in [4.78, 5) is 9.33. The third kappa shape index (κ3) is 3.85. The number of benzene rings is 1. The average molecular weight is 460 g/mol. The molecule has 0 amide bonds. The Morgan fingerprint density at radius 2 is 2.06 bits per heavy atom. The van der Waals surface area contributed by atoms with Crippen LogP contribution in [0.2, 0.25) is 0 Å². The molecule has 3 heterocycles. The number of pyridine rings is 1. The molecule has 1 aliphatic carbocycles. The van der Waals surface area contributed by atoms with Gasteiger partial charge in [-0.1, -0.05) is 30.2 Å². The topological polar surface area (TPSA) is 151 Å². The molecule has 4 aromatic rings. The van der Waals surface area contributed by atoms with Gasteiger partial charge in [0.05, 0.1) is 11.6 Å². The number of hydrogen-bond donors (Lipinski definition) is 3. The van der Waals surface area contributed by atoms with E-state index in [1.165, 1.54) is 0 Å². The van der Waals surface area contributed by atoms with Gasteiger partial charge in [0.25, 0.3) is 0 Å². The number of aromatic nitrogens is 5. The summed E-state index contributed by atoms with van der Waals surface area (Å²) in [5, 5.41) is 17.7. The van der Waals surface area contributed by atoms with E-state index < -0.39 is 5.60 Å². The third-order valence-corrected chi connectivity index (χ3v) is 5.75. The van der Waals surface area contributed by atoms with E-state index in [4.69, 9.17) is 25.8 Å². The molecule has 10 heteroatoms. The van der Waals surface area contributed by atoms with E-state index in [-0.39, 0.29) is 18.0 Å². The fourth-order valence-electron chi connectivity index (χ4n) is 4.17. The van der Waals surface area contributed by atoms with Gasteiger partial charge in [0.15, 0.2) is 17.3 Å². The smallest absolute Gasteiger partial charge is 0.217 e. The summed E-state index contributed by atoms with van der Waals surface area (Å²) in [6, 6.07) is 9.59. The van der Waals surface area contributed by atoms with E-state index in [1.54, 1.807) is 13.8 Å². The molecule has 0 fully saturated rings. The molecule has 174 valence electrons. The molecule has 1 aromatic carbocycles. The van der Waals surface area contributed by atoms with Crippen LogP contribution in [0.3, 0.4) is 0 Å². The van der Waals surface area contributed by atoms with Crippen LogP contribution < -0.4 is 16.2 Å². The maximum Gasteiger partial charge on any atom is 0.217 e. The Kier molecular flexibility index (Phi) is 5.23. The first-order valence-corrected chi connectivity index (χ1v) is 11.0. The molecule has 1 aliphatic rings. The Hall–Kier alpha value is -3.94. The van der Waals surface area contributed by atoms with Gasteiger partial charge < -0.3 is 25.9 Å². The number of nitrogens with two attached hydrogens (primary N) is 2. The second-order valence-electron chi connectivity index (χ2n) is 8.75. The average Bonchev–Trinajstić information content (AvgIpc) is 3.47. The first-order chi connectivity index (χ1) is 16.2. The first kappa shape index (κ1) is 21.9. The van der Waals surface area contributed by atoms with Gasteiger partial charge in [0, 0.05) is 19.0 Å². The van der Waals surface area contributed by atoms with Crippen LogP contribution in [0.5, 0.6) is 5.88 Å². The Morgan fingerprint density at radius 1 is 1.26 bits per heavy atom. The van der Waals surface area contributed by atoms with Crippen LogP contribution >= 0.6 is 0 Å². The molecular weight excluding hydrogens is 434 g/mol. The van der Waals surface area contributed by atoms with E-state index >= 15 is 0 Å². The molecule has 5 N–H and O–H groups in total. The predicted octanol–water partition coefficient (Wildman–Crippen LogP) is 2.21. The summed E-state index contributed by atoms with van der Waals surface area (Å²) in [5.74, 6) is 6.75. The van der Waals surface area contributed by atoms with Gasteiger partial charge in [-0.15, -0.1) is 0 Å². The van der Waals surface area contributed by atoms with Crippen LogP contribution in [0.1, 0.15) is 43.6 Å². The minimum absolute atomic E-state index is 0.133. The summed E-state index contributed by atoms with van der Waals surface area (Å²) in [7, 11) is 0. The number of imidazole rings is 1. The van der Waals surface area contributed by atoms with Crippen molar-refractivity contribution in [2.75, 3.05) is 5.73 Å². The number of nitrogen functional groups attached to an aromatic ring is 1. The third-order valence-electron chi connectivity index (χ3n) is 5.75. The van der Waals surface area contributed by atoms with Crippen molar-refractivity contribution in [1.82, 2.24) is 24.8 Å². The van der Waals surface area contributed by atoms with Gasteiger partial charge in [0.1, 0.15) is 22.9 Å². The van der Waals surface area contributed by atoms with Crippen LogP contribution in [0, 0.1) is 11.8 Å². The molecule has 5 rings (SSSR count). The van der Waals surface area contributed by atoms with E-state index in [0.717, 1.165) is 16.6 Å². The standard InChI is InChI=1S/C24H25N7O3/c1-4-31-16-12-18(33-17-11-13-7-5-6-8-14(13)19(17)25)27-15(9-10-24(2,3)32)20(16)28-23(31)21-22(26)30-34-29-21/h5-8,12,17,19,32H,4,11,25H2,1-3H3,(H2,26,30). The minimum Gasteiger partial charge on any atom is -0.472 e. The second kappa shape index (κ2) is 8.13.